The van der Waals surface area contributed by atoms with Gasteiger partial charge < -0.3 is 21.5 Å². The van der Waals surface area contributed by atoms with Crippen LogP contribution in [0.4, 0.5) is 16.4 Å². The topological polar surface area (TPSA) is 134 Å². The van der Waals surface area contributed by atoms with E-state index in [2.05, 4.69) is 21.4 Å². The van der Waals surface area contributed by atoms with Crippen molar-refractivity contribution in [3.8, 4) is 17.1 Å². The van der Waals surface area contributed by atoms with Crippen LogP contribution in [0.25, 0.3) is 28.2 Å². The molecule has 0 saturated heterocycles. The van der Waals surface area contributed by atoms with Crippen LogP contribution in [0.15, 0.2) is 48.7 Å². The molecule has 0 bridgehead atoms. The first-order valence-corrected chi connectivity index (χ1v) is 11.2. The second-order valence-electron chi connectivity index (χ2n) is 9.41. The number of aromatic nitrogens is 4. The number of hydrogen-bond acceptors (Lipinski definition) is 7. The van der Waals surface area contributed by atoms with Crippen LogP contribution in [0.5, 0.6) is 0 Å². The number of nitrogens with one attached hydrogen (secondary N) is 1. The number of alkyl carbamates (subject to hydrolysis) is 1. The summed E-state index contributed by atoms with van der Waals surface area (Å²) in [5.41, 5.74) is 16.8. The minimum absolute atomic E-state index is 0.0966. The predicted octanol–water partition coefficient (Wildman–Crippen LogP) is 4.16. The highest BCUT2D eigenvalue weighted by atomic mass is 16.6. The van der Waals surface area contributed by atoms with Gasteiger partial charge in [0.2, 0.25) is 0 Å². The smallest absolute Gasteiger partial charge is 0.408 e. The molecule has 0 fully saturated rings. The van der Waals surface area contributed by atoms with Gasteiger partial charge in [-0.05, 0) is 81.1 Å². The zero-order valence-corrected chi connectivity index (χ0v) is 19.4. The van der Waals surface area contributed by atoms with Crippen molar-refractivity contribution in [2.24, 2.45) is 0 Å². The highest BCUT2D eigenvalue weighted by molar-refractivity contribution is 5.83. The summed E-state index contributed by atoms with van der Waals surface area (Å²) >= 11 is 0. The van der Waals surface area contributed by atoms with E-state index >= 15 is 0 Å². The Bertz CT molecular complexity index is 1400. The summed E-state index contributed by atoms with van der Waals surface area (Å²) in [6, 6.07) is 13.3. The largest absolute Gasteiger partial charge is 0.444 e. The van der Waals surface area contributed by atoms with Gasteiger partial charge in [0.25, 0.3) is 0 Å². The van der Waals surface area contributed by atoms with Crippen molar-refractivity contribution in [3.63, 3.8) is 0 Å². The number of pyridine rings is 2. The van der Waals surface area contributed by atoms with Gasteiger partial charge in [0.1, 0.15) is 22.8 Å². The number of ether oxygens (including phenoxy) is 1. The lowest BCUT2D eigenvalue weighted by atomic mass is 10.1. The van der Waals surface area contributed by atoms with E-state index in [0.717, 1.165) is 29.7 Å². The molecule has 4 aromatic rings. The van der Waals surface area contributed by atoms with E-state index in [0.29, 0.717) is 34.2 Å². The van der Waals surface area contributed by atoms with Gasteiger partial charge in [0, 0.05) is 11.9 Å². The number of anilines is 2. The Morgan fingerprint density at radius 2 is 1.97 bits per heavy atom. The van der Waals surface area contributed by atoms with Crippen molar-refractivity contribution in [1.29, 1.82) is 0 Å². The fourth-order valence-electron chi connectivity index (χ4n) is 4.35. The molecule has 0 radical (unpaired) electrons. The number of hydrogen-bond donors (Lipinski definition) is 3. The van der Waals surface area contributed by atoms with Crippen LogP contribution >= 0.6 is 0 Å². The van der Waals surface area contributed by atoms with Crippen LogP contribution in [-0.4, -0.2) is 31.2 Å². The number of carbonyl (C=O) groups excluding carboxylic acids is 1. The Morgan fingerprint density at radius 3 is 2.74 bits per heavy atom. The second kappa shape index (κ2) is 8.02. The third-order valence-electron chi connectivity index (χ3n) is 5.76. The SMILES string of the molecule is CC(C)(C)OC(=O)N[C@H]1CCc2cc(-n3c(-c4cccnc4N)nc4ccc(N)nc43)ccc21. The van der Waals surface area contributed by atoms with Crippen LogP contribution in [0, 0.1) is 0 Å². The highest BCUT2D eigenvalue weighted by Gasteiger charge is 2.27. The number of nitrogens with two attached hydrogens (primary N) is 2. The Kier molecular flexibility index (Phi) is 5.11. The van der Waals surface area contributed by atoms with Gasteiger partial charge in [0.05, 0.1) is 11.6 Å². The molecule has 0 aliphatic heterocycles. The predicted molar refractivity (Wildman–Crippen MR) is 131 cm³/mol. The lowest BCUT2D eigenvalue weighted by molar-refractivity contribution is 0.0503. The Labute approximate surface area is 197 Å². The molecule has 1 atom stereocenters. The van der Waals surface area contributed by atoms with Crippen molar-refractivity contribution < 1.29 is 9.53 Å². The molecule has 5 rings (SSSR count). The fraction of sp³-hybridized carbons (Fsp3) is 0.280. The molecule has 3 heterocycles. The molecular weight excluding hydrogens is 430 g/mol. The van der Waals surface area contributed by atoms with Gasteiger partial charge in [-0.15, -0.1) is 0 Å². The summed E-state index contributed by atoms with van der Waals surface area (Å²) < 4.78 is 7.38. The van der Waals surface area contributed by atoms with E-state index in [1.54, 1.807) is 12.3 Å². The van der Waals surface area contributed by atoms with Crippen LogP contribution in [0.1, 0.15) is 44.4 Å². The summed E-state index contributed by atoms with van der Waals surface area (Å²) in [4.78, 5) is 25.9. The lowest BCUT2D eigenvalue weighted by Crippen LogP contribution is -2.34. The molecule has 34 heavy (non-hydrogen) atoms. The lowest BCUT2D eigenvalue weighted by Gasteiger charge is -2.22. The maximum Gasteiger partial charge on any atom is 0.408 e. The van der Waals surface area contributed by atoms with Crippen molar-refractivity contribution in [3.05, 3.63) is 59.8 Å². The van der Waals surface area contributed by atoms with Crippen LogP contribution in [0.3, 0.4) is 0 Å². The van der Waals surface area contributed by atoms with Crippen molar-refractivity contribution in [2.45, 2.75) is 45.3 Å². The summed E-state index contributed by atoms with van der Waals surface area (Å²) in [7, 11) is 0. The maximum absolute atomic E-state index is 12.3. The molecule has 5 N–H and O–H groups in total. The number of benzene rings is 1. The van der Waals surface area contributed by atoms with Gasteiger partial charge in [-0.3, -0.25) is 4.57 Å². The monoisotopic (exact) mass is 457 g/mol. The second-order valence-corrected chi connectivity index (χ2v) is 9.41. The number of nitrogen functional groups attached to an aromatic ring is 2. The average Bonchev–Trinajstić information content (AvgIpc) is 3.33. The zero-order chi connectivity index (χ0) is 24.0. The molecular formula is C25H27N7O2. The Balaban J connectivity index is 1.57. The van der Waals surface area contributed by atoms with Gasteiger partial charge in [0.15, 0.2) is 11.5 Å². The maximum atomic E-state index is 12.3. The number of nitrogens with zero attached hydrogens (tertiary/aromatic N) is 4. The molecule has 174 valence electrons. The number of aryl methyl sites for hydroxylation is 1. The van der Waals surface area contributed by atoms with E-state index in [1.807, 2.05) is 55.7 Å². The van der Waals surface area contributed by atoms with Gasteiger partial charge in [-0.2, -0.15) is 0 Å². The normalized spacial score (nSPS) is 15.3. The molecule has 0 saturated carbocycles. The van der Waals surface area contributed by atoms with E-state index in [9.17, 15) is 4.79 Å². The minimum atomic E-state index is -0.544. The summed E-state index contributed by atoms with van der Waals surface area (Å²) in [5, 5.41) is 2.99. The quantitative estimate of drug-likeness (QED) is 0.420. The number of rotatable bonds is 3. The molecule has 0 spiro atoms. The minimum Gasteiger partial charge on any atom is -0.444 e. The van der Waals surface area contributed by atoms with Crippen LogP contribution in [0.2, 0.25) is 0 Å². The molecule has 1 amide bonds. The third kappa shape index (κ3) is 4.00. The van der Waals surface area contributed by atoms with E-state index in [-0.39, 0.29) is 6.04 Å². The molecule has 1 aromatic carbocycles. The molecule has 9 nitrogen and oxygen atoms in total. The Hall–Kier alpha value is -4.14. The highest BCUT2D eigenvalue weighted by Crippen LogP contribution is 2.36. The molecule has 9 heteroatoms. The molecule has 1 aliphatic rings. The number of amides is 1. The molecule has 0 unspecified atom stereocenters. The molecule has 1 aliphatic carbocycles. The standard InChI is InChI=1S/C25H27N7O2/c1-25(2,3)34-24(33)30-18-9-6-14-13-15(7-8-16(14)18)32-22(17-5-4-12-28-21(17)27)29-19-10-11-20(26)31-23(19)32/h4-5,7-8,10-13,18H,6,9H2,1-3H3,(H2,26,31)(H2,27,28)(H,30,33)/t18-/m0/s1. The molecule has 3 aromatic heterocycles. The first kappa shape index (κ1) is 21.7. The van der Waals surface area contributed by atoms with Gasteiger partial charge in [-0.1, -0.05) is 6.07 Å². The van der Waals surface area contributed by atoms with Crippen molar-refractivity contribution in [1.82, 2.24) is 24.8 Å². The van der Waals surface area contributed by atoms with E-state index < -0.39 is 11.7 Å². The Morgan fingerprint density at radius 1 is 1.15 bits per heavy atom. The van der Waals surface area contributed by atoms with Crippen LogP contribution in [-0.2, 0) is 11.2 Å². The first-order valence-electron chi connectivity index (χ1n) is 11.2. The summed E-state index contributed by atoms with van der Waals surface area (Å²) in [6.45, 7) is 5.55. The van der Waals surface area contributed by atoms with Gasteiger partial charge in [-0.25, -0.2) is 19.7 Å². The summed E-state index contributed by atoms with van der Waals surface area (Å²) in [5.74, 6) is 1.43. The first-order chi connectivity index (χ1) is 16.2. The number of imidazole rings is 1. The number of carbonyl (C=O) groups is 1. The zero-order valence-electron chi connectivity index (χ0n) is 19.4. The fourth-order valence-corrected chi connectivity index (χ4v) is 4.35. The summed E-state index contributed by atoms with van der Waals surface area (Å²) in [6.07, 6.45) is 2.87. The van der Waals surface area contributed by atoms with E-state index in [4.69, 9.17) is 21.2 Å². The van der Waals surface area contributed by atoms with Crippen molar-refractivity contribution >= 4 is 28.9 Å². The number of fused-ring (bicyclic) bond motifs is 2. The van der Waals surface area contributed by atoms with E-state index in [1.165, 1.54) is 0 Å². The van der Waals surface area contributed by atoms with Crippen LogP contribution < -0.4 is 16.8 Å². The van der Waals surface area contributed by atoms with Crippen molar-refractivity contribution in [2.75, 3.05) is 11.5 Å². The van der Waals surface area contributed by atoms with Gasteiger partial charge >= 0.3 is 6.09 Å². The average molecular weight is 458 g/mol. The third-order valence-corrected chi connectivity index (χ3v) is 5.76.